The Morgan fingerprint density at radius 1 is 1.33 bits per heavy atom. The van der Waals surface area contributed by atoms with Crippen LogP contribution >= 0.6 is 11.6 Å². The van der Waals surface area contributed by atoms with Crippen molar-refractivity contribution in [2.45, 2.75) is 20.3 Å². The first-order chi connectivity index (χ1) is 7.04. The molecule has 1 aromatic carbocycles. The van der Waals surface area contributed by atoms with Crippen LogP contribution in [0.15, 0.2) is 18.2 Å². The van der Waals surface area contributed by atoms with Crippen LogP contribution < -0.4 is 5.73 Å². The molecule has 0 radical (unpaired) electrons. The third-order valence-electron chi connectivity index (χ3n) is 2.88. The Kier molecular flexibility index (Phi) is 4.55. The van der Waals surface area contributed by atoms with Crippen LogP contribution in [0.1, 0.15) is 19.4 Å². The van der Waals surface area contributed by atoms with Crippen molar-refractivity contribution in [3.63, 3.8) is 0 Å². The number of hydrogen-bond acceptors (Lipinski definition) is 1. The molecule has 3 heteroatoms. The minimum absolute atomic E-state index is 0.179. The molecule has 0 aliphatic heterocycles. The highest BCUT2D eigenvalue weighted by molar-refractivity contribution is 6.30. The van der Waals surface area contributed by atoms with Crippen molar-refractivity contribution in [1.82, 2.24) is 0 Å². The van der Waals surface area contributed by atoms with E-state index in [1.165, 1.54) is 6.07 Å². The topological polar surface area (TPSA) is 26.0 Å². The first-order valence-electron chi connectivity index (χ1n) is 5.18. The van der Waals surface area contributed by atoms with E-state index < -0.39 is 0 Å². The predicted molar refractivity (Wildman–Crippen MR) is 62.5 cm³/mol. The lowest BCUT2D eigenvalue weighted by Gasteiger charge is -2.18. The van der Waals surface area contributed by atoms with E-state index in [9.17, 15) is 4.39 Å². The van der Waals surface area contributed by atoms with E-state index >= 15 is 0 Å². The molecule has 0 aliphatic rings. The Morgan fingerprint density at radius 3 is 2.53 bits per heavy atom. The van der Waals surface area contributed by atoms with Gasteiger partial charge in [-0.1, -0.05) is 31.5 Å². The summed E-state index contributed by atoms with van der Waals surface area (Å²) >= 11 is 5.61. The van der Waals surface area contributed by atoms with E-state index in [1.54, 1.807) is 6.07 Å². The van der Waals surface area contributed by atoms with Gasteiger partial charge >= 0.3 is 0 Å². The smallest absolute Gasteiger partial charge is 0.142 e. The second kappa shape index (κ2) is 5.47. The largest absolute Gasteiger partial charge is 0.330 e. The molecule has 0 saturated carbocycles. The van der Waals surface area contributed by atoms with Crippen LogP contribution in [0.2, 0.25) is 5.02 Å². The quantitative estimate of drug-likeness (QED) is 0.843. The molecule has 15 heavy (non-hydrogen) atoms. The molecule has 0 aliphatic carbocycles. The minimum atomic E-state index is -0.346. The molecule has 0 spiro atoms. The molecule has 0 bridgehead atoms. The van der Waals surface area contributed by atoms with Crippen LogP contribution in [0.25, 0.3) is 0 Å². The minimum Gasteiger partial charge on any atom is -0.330 e. The lowest BCUT2D eigenvalue weighted by atomic mass is 9.90. The van der Waals surface area contributed by atoms with Gasteiger partial charge in [0.05, 0.1) is 5.02 Å². The number of rotatable bonds is 4. The highest BCUT2D eigenvalue weighted by atomic mass is 35.5. The summed E-state index contributed by atoms with van der Waals surface area (Å²) in [5, 5.41) is 0.179. The van der Waals surface area contributed by atoms with E-state index in [0.717, 1.165) is 12.0 Å². The Bertz CT molecular complexity index is 327. The van der Waals surface area contributed by atoms with Gasteiger partial charge < -0.3 is 5.73 Å². The summed E-state index contributed by atoms with van der Waals surface area (Å²) in [6.45, 7) is 4.90. The molecule has 2 unspecified atom stereocenters. The maximum Gasteiger partial charge on any atom is 0.142 e. The first-order valence-corrected chi connectivity index (χ1v) is 5.56. The van der Waals surface area contributed by atoms with Crippen LogP contribution in [0.5, 0.6) is 0 Å². The molecule has 2 N–H and O–H groups in total. The van der Waals surface area contributed by atoms with Crippen LogP contribution in [-0.4, -0.2) is 6.54 Å². The lowest BCUT2D eigenvalue weighted by Crippen LogP contribution is -2.20. The zero-order valence-corrected chi connectivity index (χ0v) is 9.89. The lowest BCUT2D eigenvalue weighted by molar-refractivity contribution is 0.394. The van der Waals surface area contributed by atoms with Crippen LogP contribution in [0, 0.1) is 17.7 Å². The van der Waals surface area contributed by atoms with Gasteiger partial charge in [0.25, 0.3) is 0 Å². The van der Waals surface area contributed by atoms with Crippen molar-refractivity contribution >= 4 is 11.6 Å². The summed E-state index contributed by atoms with van der Waals surface area (Å²) in [5.41, 5.74) is 6.56. The molecule has 0 heterocycles. The first kappa shape index (κ1) is 12.5. The molecule has 2 atom stereocenters. The zero-order valence-electron chi connectivity index (χ0n) is 9.13. The molecule has 0 fully saturated rings. The van der Waals surface area contributed by atoms with Gasteiger partial charge in [-0.3, -0.25) is 0 Å². The Morgan fingerprint density at radius 2 is 2.00 bits per heavy atom. The van der Waals surface area contributed by atoms with Gasteiger partial charge in [-0.2, -0.15) is 0 Å². The summed E-state index contributed by atoms with van der Waals surface area (Å²) < 4.78 is 13.2. The van der Waals surface area contributed by atoms with E-state index in [4.69, 9.17) is 17.3 Å². The van der Waals surface area contributed by atoms with Crippen molar-refractivity contribution in [2.75, 3.05) is 6.54 Å². The van der Waals surface area contributed by atoms with Gasteiger partial charge in [-0.05, 0) is 42.5 Å². The highest BCUT2D eigenvalue weighted by Gasteiger charge is 2.12. The van der Waals surface area contributed by atoms with E-state index in [1.807, 2.05) is 6.07 Å². The Hall–Kier alpha value is -0.600. The maximum absolute atomic E-state index is 13.2. The fourth-order valence-corrected chi connectivity index (χ4v) is 1.59. The molecule has 0 aromatic heterocycles. The molecular formula is C12H17ClFN. The van der Waals surface area contributed by atoms with Gasteiger partial charge in [0, 0.05) is 0 Å². The van der Waals surface area contributed by atoms with Crippen LogP contribution in [-0.2, 0) is 6.42 Å². The van der Waals surface area contributed by atoms with Crippen LogP contribution in [0.3, 0.4) is 0 Å². The standard InChI is InChI=1S/C12H17ClFN/c1-8(9(2)7-15)5-10-3-4-11(13)12(14)6-10/h3-4,6,8-9H,5,7,15H2,1-2H3. The highest BCUT2D eigenvalue weighted by Crippen LogP contribution is 2.20. The van der Waals surface area contributed by atoms with Crippen molar-refractivity contribution in [3.05, 3.63) is 34.6 Å². The monoisotopic (exact) mass is 229 g/mol. The van der Waals surface area contributed by atoms with E-state index in [0.29, 0.717) is 18.4 Å². The van der Waals surface area contributed by atoms with Gasteiger partial charge in [0.15, 0.2) is 0 Å². The van der Waals surface area contributed by atoms with Gasteiger partial charge in [0.1, 0.15) is 5.82 Å². The molecule has 1 nitrogen and oxygen atoms in total. The molecule has 0 amide bonds. The van der Waals surface area contributed by atoms with Crippen molar-refractivity contribution < 1.29 is 4.39 Å². The summed E-state index contributed by atoms with van der Waals surface area (Å²) in [6, 6.07) is 4.97. The average molecular weight is 230 g/mol. The number of benzene rings is 1. The number of hydrogen-bond donors (Lipinski definition) is 1. The third-order valence-corrected chi connectivity index (χ3v) is 3.19. The SMILES string of the molecule is CC(CN)C(C)Cc1ccc(Cl)c(F)c1. The van der Waals surface area contributed by atoms with Crippen LogP contribution in [0.4, 0.5) is 4.39 Å². The van der Waals surface area contributed by atoms with Crippen molar-refractivity contribution in [3.8, 4) is 0 Å². The van der Waals surface area contributed by atoms with Gasteiger partial charge in [-0.15, -0.1) is 0 Å². The van der Waals surface area contributed by atoms with Gasteiger partial charge in [-0.25, -0.2) is 4.39 Å². The van der Waals surface area contributed by atoms with Crippen molar-refractivity contribution in [2.24, 2.45) is 17.6 Å². The van der Waals surface area contributed by atoms with Gasteiger partial charge in [0.2, 0.25) is 0 Å². The number of halogens is 2. The Labute approximate surface area is 95.4 Å². The molecular weight excluding hydrogens is 213 g/mol. The molecule has 1 rings (SSSR count). The van der Waals surface area contributed by atoms with E-state index in [2.05, 4.69) is 13.8 Å². The Balaban J connectivity index is 2.68. The van der Waals surface area contributed by atoms with Crippen molar-refractivity contribution in [1.29, 1.82) is 0 Å². The third kappa shape index (κ3) is 3.47. The molecule has 0 saturated heterocycles. The summed E-state index contributed by atoms with van der Waals surface area (Å²) in [4.78, 5) is 0. The summed E-state index contributed by atoms with van der Waals surface area (Å²) in [6.07, 6.45) is 0.840. The fourth-order valence-electron chi connectivity index (χ4n) is 1.47. The molecule has 1 aromatic rings. The van der Waals surface area contributed by atoms with E-state index in [-0.39, 0.29) is 10.8 Å². The molecule has 84 valence electrons. The normalized spacial score (nSPS) is 15.0. The zero-order chi connectivity index (χ0) is 11.4. The number of nitrogens with two attached hydrogens (primary N) is 1. The summed E-state index contributed by atoms with van der Waals surface area (Å²) in [5.74, 6) is 0.557. The average Bonchev–Trinajstić information content (AvgIpc) is 2.22. The fraction of sp³-hybridized carbons (Fsp3) is 0.500. The predicted octanol–water partition coefficient (Wildman–Crippen LogP) is 3.25. The maximum atomic E-state index is 13.2. The second-order valence-corrected chi connectivity index (χ2v) is 4.55. The second-order valence-electron chi connectivity index (χ2n) is 4.14. The summed E-state index contributed by atoms with van der Waals surface area (Å²) in [7, 11) is 0.